The Balaban J connectivity index is 1.72. The zero-order valence-corrected chi connectivity index (χ0v) is 15.6. The van der Waals surface area contributed by atoms with Crippen LogP contribution in [-0.2, 0) is 17.2 Å². The van der Waals surface area contributed by atoms with Crippen molar-refractivity contribution in [2.75, 3.05) is 37.9 Å². The number of hydrogen-bond acceptors (Lipinski definition) is 3. The standard InChI is InChI=1S/C18H26N2OS2/c1-20(2)9-6-15-12-19-16-4-3-5-17(18(15)16)22-13-14-7-10-23(21)11-8-14/h3-5,12,14,19H,6-11,13H2,1-2H3. The second-order valence-corrected chi connectivity index (χ2v) is 9.41. The minimum atomic E-state index is -0.555. The maximum atomic E-state index is 11.5. The quantitative estimate of drug-likeness (QED) is 0.810. The summed E-state index contributed by atoms with van der Waals surface area (Å²) in [4.78, 5) is 7.05. The van der Waals surface area contributed by atoms with Gasteiger partial charge in [-0.15, -0.1) is 11.8 Å². The molecule has 1 aromatic heterocycles. The van der Waals surface area contributed by atoms with E-state index in [1.807, 2.05) is 11.8 Å². The SMILES string of the molecule is CN(C)CCc1c[nH]c2cccc(SCC3CCS(=O)CC3)c12. The summed E-state index contributed by atoms with van der Waals surface area (Å²) in [5.41, 5.74) is 2.66. The molecule has 1 aliphatic rings. The molecule has 0 spiro atoms. The van der Waals surface area contributed by atoms with Crippen LogP contribution in [0, 0.1) is 5.92 Å². The Morgan fingerprint density at radius 2 is 2.09 bits per heavy atom. The molecule has 1 saturated heterocycles. The van der Waals surface area contributed by atoms with Crippen molar-refractivity contribution in [2.45, 2.75) is 24.2 Å². The zero-order chi connectivity index (χ0) is 16.2. The van der Waals surface area contributed by atoms with E-state index in [0.717, 1.165) is 49.0 Å². The van der Waals surface area contributed by atoms with Gasteiger partial charge in [-0.25, -0.2) is 0 Å². The number of nitrogens with one attached hydrogen (secondary N) is 1. The summed E-state index contributed by atoms with van der Waals surface area (Å²) >= 11 is 1.98. The molecule has 0 saturated carbocycles. The molecule has 0 atom stereocenters. The molecule has 0 radical (unpaired) electrons. The number of thioether (sulfide) groups is 1. The molecule has 0 amide bonds. The third-order valence-electron chi connectivity index (χ3n) is 4.56. The molecule has 23 heavy (non-hydrogen) atoms. The van der Waals surface area contributed by atoms with Gasteiger partial charge >= 0.3 is 0 Å². The van der Waals surface area contributed by atoms with Crippen LogP contribution in [0.2, 0.25) is 0 Å². The van der Waals surface area contributed by atoms with Gasteiger partial charge in [0.15, 0.2) is 0 Å². The maximum absolute atomic E-state index is 11.5. The Labute approximate surface area is 145 Å². The van der Waals surface area contributed by atoms with Gasteiger partial charge in [0.05, 0.1) is 0 Å². The Hall–Kier alpha value is -0.780. The van der Waals surface area contributed by atoms with E-state index < -0.39 is 10.8 Å². The minimum Gasteiger partial charge on any atom is -0.361 e. The third-order valence-corrected chi connectivity index (χ3v) is 7.23. The second-order valence-electron chi connectivity index (χ2n) is 6.65. The molecule has 0 unspecified atom stereocenters. The van der Waals surface area contributed by atoms with Crippen molar-refractivity contribution < 1.29 is 4.21 Å². The van der Waals surface area contributed by atoms with Crippen molar-refractivity contribution in [1.29, 1.82) is 0 Å². The molecule has 1 fully saturated rings. The zero-order valence-electron chi connectivity index (χ0n) is 14.0. The van der Waals surface area contributed by atoms with Crippen molar-refractivity contribution >= 4 is 33.5 Å². The number of H-pyrrole nitrogens is 1. The molecule has 3 rings (SSSR count). The van der Waals surface area contributed by atoms with Gasteiger partial charge in [-0.1, -0.05) is 6.07 Å². The first-order valence-corrected chi connectivity index (χ1v) is 10.8. The number of fused-ring (bicyclic) bond motifs is 1. The van der Waals surface area contributed by atoms with Gasteiger partial charge in [-0.05, 0) is 57.0 Å². The summed E-state index contributed by atoms with van der Waals surface area (Å²) in [5, 5.41) is 1.40. The van der Waals surface area contributed by atoms with Crippen LogP contribution in [0.4, 0.5) is 0 Å². The number of aromatic nitrogens is 1. The monoisotopic (exact) mass is 350 g/mol. The van der Waals surface area contributed by atoms with E-state index in [1.54, 1.807) is 0 Å². The lowest BCUT2D eigenvalue weighted by Gasteiger charge is -2.21. The Morgan fingerprint density at radius 3 is 2.83 bits per heavy atom. The molecule has 2 heterocycles. The Bertz CT molecular complexity index is 671. The van der Waals surface area contributed by atoms with Gasteiger partial charge in [0.1, 0.15) is 0 Å². The molecule has 1 aromatic carbocycles. The van der Waals surface area contributed by atoms with Crippen LogP contribution in [0.25, 0.3) is 10.9 Å². The largest absolute Gasteiger partial charge is 0.361 e. The van der Waals surface area contributed by atoms with Gasteiger partial charge in [-0.2, -0.15) is 0 Å². The van der Waals surface area contributed by atoms with Crippen LogP contribution in [0.3, 0.4) is 0 Å². The van der Waals surface area contributed by atoms with E-state index in [4.69, 9.17) is 0 Å². The molecular formula is C18H26N2OS2. The van der Waals surface area contributed by atoms with Crippen LogP contribution >= 0.6 is 11.8 Å². The fourth-order valence-corrected chi connectivity index (χ4v) is 5.80. The van der Waals surface area contributed by atoms with E-state index >= 15 is 0 Å². The highest BCUT2D eigenvalue weighted by atomic mass is 32.2. The van der Waals surface area contributed by atoms with E-state index in [9.17, 15) is 4.21 Å². The summed E-state index contributed by atoms with van der Waals surface area (Å²) in [6.07, 6.45) is 5.49. The molecule has 126 valence electrons. The molecule has 0 bridgehead atoms. The smallest absolute Gasteiger partial charge is 0.0468 e. The van der Waals surface area contributed by atoms with E-state index in [-0.39, 0.29) is 0 Å². The van der Waals surface area contributed by atoms with Crippen LogP contribution in [0.1, 0.15) is 18.4 Å². The van der Waals surface area contributed by atoms with Gasteiger partial charge in [0.2, 0.25) is 0 Å². The van der Waals surface area contributed by atoms with Crippen LogP contribution < -0.4 is 0 Å². The normalized spacial score (nSPS) is 22.0. The molecule has 3 nitrogen and oxygen atoms in total. The fraction of sp³-hybridized carbons (Fsp3) is 0.556. The first kappa shape index (κ1) is 17.1. The lowest BCUT2D eigenvalue weighted by molar-refractivity contribution is 0.414. The lowest BCUT2D eigenvalue weighted by Crippen LogP contribution is -2.20. The highest BCUT2D eigenvalue weighted by Crippen LogP contribution is 2.33. The number of hydrogen-bond donors (Lipinski definition) is 1. The molecule has 1 N–H and O–H groups in total. The fourth-order valence-electron chi connectivity index (χ4n) is 3.10. The maximum Gasteiger partial charge on any atom is 0.0468 e. The minimum absolute atomic E-state index is 0.555. The molecule has 1 aliphatic heterocycles. The van der Waals surface area contributed by atoms with E-state index in [0.29, 0.717) is 0 Å². The van der Waals surface area contributed by atoms with Crippen LogP contribution in [0.5, 0.6) is 0 Å². The number of benzene rings is 1. The Morgan fingerprint density at radius 1 is 1.30 bits per heavy atom. The summed E-state index contributed by atoms with van der Waals surface area (Å²) in [6, 6.07) is 6.57. The number of aromatic amines is 1. The first-order chi connectivity index (χ1) is 11.1. The number of likely N-dealkylation sites (N-methyl/N-ethyl adjacent to an activating group) is 1. The summed E-state index contributed by atoms with van der Waals surface area (Å²) < 4.78 is 11.5. The molecule has 5 heteroatoms. The average molecular weight is 351 g/mol. The average Bonchev–Trinajstić information content (AvgIpc) is 2.96. The van der Waals surface area contributed by atoms with Gasteiger partial charge in [0.25, 0.3) is 0 Å². The van der Waals surface area contributed by atoms with Crippen molar-refractivity contribution in [3.63, 3.8) is 0 Å². The summed E-state index contributed by atoms with van der Waals surface area (Å²) in [5.74, 6) is 3.66. The van der Waals surface area contributed by atoms with E-state index in [1.165, 1.54) is 21.4 Å². The van der Waals surface area contributed by atoms with Gasteiger partial charge < -0.3 is 9.88 Å². The number of nitrogens with zero attached hydrogens (tertiary/aromatic N) is 1. The van der Waals surface area contributed by atoms with Crippen LogP contribution in [0.15, 0.2) is 29.3 Å². The second kappa shape index (κ2) is 7.86. The Kier molecular flexibility index (Phi) is 5.83. The van der Waals surface area contributed by atoms with Crippen molar-refractivity contribution in [3.05, 3.63) is 30.0 Å². The van der Waals surface area contributed by atoms with Crippen molar-refractivity contribution in [1.82, 2.24) is 9.88 Å². The highest BCUT2D eigenvalue weighted by Gasteiger charge is 2.18. The molecular weight excluding hydrogens is 324 g/mol. The van der Waals surface area contributed by atoms with Crippen molar-refractivity contribution in [3.8, 4) is 0 Å². The van der Waals surface area contributed by atoms with Crippen molar-refractivity contribution in [2.24, 2.45) is 5.92 Å². The summed E-state index contributed by atoms with van der Waals surface area (Å²) in [7, 11) is 3.69. The highest BCUT2D eigenvalue weighted by molar-refractivity contribution is 7.99. The van der Waals surface area contributed by atoms with Gasteiger partial charge in [0, 0.05) is 56.6 Å². The molecule has 0 aliphatic carbocycles. The lowest BCUT2D eigenvalue weighted by atomic mass is 10.1. The van der Waals surface area contributed by atoms with Crippen LogP contribution in [-0.4, -0.2) is 52.0 Å². The van der Waals surface area contributed by atoms with Gasteiger partial charge in [-0.3, -0.25) is 4.21 Å². The third kappa shape index (κ3) is 4.40. The number of rotatable bonds is 6. The van der Waals surface area contributed by atoms with E-state index in [2.05, 4.69) is 48.4 Å². The predicted molar refractivity (Wildman–Crippen MR) is 102 cm³/mol. The first-order valence-electron chi connectivity index (χ1n) is 8.35. The topological polar surface area (TPSA) is 36.1 Å². The molecule has 2 aromatic rings. The summed E-state index contributed by atoms with van der Waals surface area (Å²) in [6.45, 7) is 1.07. The predicted octanol–water partition coefficient (Wildman–Crippen LogP) is 3.52.